The Labute approximate surface area is 95.9 Å². The van der Waals surface area contributed by atoms with Crippen molar-refractivity contribution in [3.8, 4) is 6.07 Å². The third-order valence-electron chi connectivity index (χ3n) is 3.25. The lowest BCUT2D eigenvalue weighted by atomic mass is 10.1. The van der Waals surface area contributed by atoms with Crippen molar-refractivity contribution in [3.63, 3.8) is 0 Å². The molecule has 0 aromatic rings. The Balaban J connectivity index is 2.75. The fourth-order valence-corrected chi connectivity index (χ4v) is 2.31. The summed E-state index contributed by atoms with van der Waals surface area (Å²) in [6.07, 6.45) is 0.213. The van der Waals surface area contributed by atoms with E-state index in [1.54, 1.807) is 0 Å². The van der Waals surface area contributed by atoms with E-state index in [0.29, 0.717) is 6.54 Å². The van der Waals surface area contributed by atoms with Crippen LogP contribution in [-0.2, 0) is 0 Å². The highest BCUT2D eigenvalue weighted by molar-refractivity contribution is 5.03. The fourth-order valence-electron chi connectivity index (χ4n) is 2.31. The highest BCUT2D eigenvalue weighted by Gasteiger charge is 2.46. The molecular formula is C11H20N2O3. The second-order valence-electron chi connectivity index (χ2n) is 4.25. The first kappa shape index (κ1) is 13.4. The molecule has 1 heterocycles. The van der Waals surface area contributed by atoms with E-state index in [-0.39, 0.29) is 19.1 Å². The molecule has 0 aliphatic carbocycles. The molecule has 0 radical (unpaired) electrons. The molecule has 1 rings (SSSR count). The third-order valence-corrected chi connectivity index (χ3v) is 3.25. The molecule has 0 aromatic heterocycles. The van der Waals surface area contributed by atoms with Crippen LogP contribution in [-0.4, -0.2) is 57.7 Å². The molecule has 5 heteroatoms. The highest BCUT2D eigenvalue weighted by Crippen LogP contribution is 2.27. The molecule has 0 saturated carbocycles. The molecule has 1 aliphatic rings. The molecule has 5 nitrogen and oxygen atoms in total. The molecule has 16 heavy (non-hydrogen) atoms. The molecular weight excluding hydrogens is 208 g/mol. The summed E-state index contributed by atoms with van der Waals surface area (Å²) in [6.45, 7) is 2.56. The van der Waals surface area contributed by atoms with Crippen molar-refractivity contribution in [1.82, 2.24) is 4.90 Å². The van der Waals surface area contributed by atoms with Crippen LogP contribution in [0.5, 0.6) is 0 Å². The summed E-state index contributed by atoms with van der Waals surface area (Å²) in [4.78, 5) is 1.86. The predicted octanol–water partition coefficient (Wildman–Crippen LogP) is -0.533. The van der Waals surface area contributed by atoms with Crippen LogP contribution in [0.4, 0.5) is 0 Å². The second kappa shape index (κ2) is 6.16. The molecule has 0 amide bonds. The van der Waals surface area contributed by atoms with E-state index < -0.39 is 18.2 Å². The monoisotopic (exact) mass is 228 g/mol. The van der Waals surface area contributed by atoms with Crippen LogP contribution >= 0.6 is 0 Å². The molecule has 92 valence electrons. The average molecular weight is 228 g/mol. The van der Waals surface area contributed by atoms with Crippen LogP contribution in [0.3, 0.4) is 0 Å². The summed E-state index contributed by atoms with van der Waals surface area (Å²) in [7, 11) is 0. The minimum absolute atomic E-state index is 0.179. The van der Waals surface area contributed by atoms with Crippen molar-refractivity contribution in [2.24, 2.45) is 0 Å². The van der Waals surface area contributed by atoms with Gasteiger partial charge >= 0.3 is 0 Å². The van der Waals surface area contributed by atoms with E-state index in [9.17, 15) is 15.3 Å². The minimum Gasteiger partial charge on any atom is -0.395 e. The van der Waals surface area contributed by atoms with Gasteiger partial charge < -0.3 is 15.3 Å². The Morgan fingerprint density at radius 2 is 1.88 bits per heavy atom. The predicted molar refractivity (Wildman–Crippen MR) is 58.5 cm³/mol. The van der Waals surface area contributed by atoms with Gasteiger partial charge in [0.05, 0.1) is 43.4 Å². The van der Waals surface area contributed by atoms with Gasteiger partial charge in [-0.25, -0.2) is 0 Å². The number of aliphatic hydroxyl groups excluding tert-OH is 3. The number of hydrogen-bond acceptors (Lipinski definition) is 5. The van der Waals surface area contributed by atoms with Gasteiger partial charge in [-0.2, -0.15) is 5.26 Å². The third kappa shape index (κ3) is 2.53. The maximum absolute atomic E-state index is 9.81. The first-order valence-corrected chi connectivity index (χ1v) is 5.77. The molecule has 1 fully saturated rings. The van der Waals surface area contributed by atoms with Crippen LogP contribution in [0, 0.1) is 11.3 Å². The average Bonchev–Trinajstić information content (AvgIpc) is 2.51. The van der Waals surface area contributed by atoms with Crippen molar-refractivity contribution in [3.05, 3.63) is 0 Å². The maximum atomic E-state index is 9.81. The van der Waals surface area contributed by atoms with Crippen molar-refractivity contribution in [2.45, 2.75) is 50.5 Å². The number of aliphatic hydroxyl groups is 3. The summed E-state index contributed by atoms with van der Waals surface area (Å²) in [5, 5.41) is 37.5. The minimum atomic E-state index is -0.958. The van der Waals surface area contributed by atoms with Gasteiger partial charge in [0.1, 0.15) is 0 Å². The molecule has 1 saturated heterocycles. The molecule has 0 bridgehead atoms. The van der Waals surface area contributed by atoms with E-state index in [4.69, 9.17) is 5.26 Å². The Bertz CT molecular complexity index is 254. The smallest absolute Gasteiger partial charge is 0.0992 e. The van der Waals surface area contributed by atoms with Crippen molar-refractivity contribution < 1.29 is 15.3 Å². The first-order chi connectivity index (χ1) is 7.67. The number of nitrogens with zero attached hydrogens (tertiary/aromatic N) is 2. The maximum Gasteiger partial charge on any atom is 0.0992 e. The lowest BCUT2D eigenvalue weighted by molar-refractivity contribution is 0.0182. The summed E-state index contributed by atoms with van der Waals surface area (Å²) >= 11 is 0. The summed E-state index contributed by atoms with van der Waals surface area (Å²) in [5.41, 5.74) is 0. The number of hydrogen-bond donors (Lipinski definition) is 3. The summed E-state index contributed by atoms with van der Waals surface area (Å²) < 4.78 is 0. The topological polar surface area (TPSA) is 87.7 Å². The van der Waals surface area contributed by atoms with Gasteiger partial charge in [0, 0.05) is 0 Å². The molecule has 0 unspecified atom stereocenters. The SMILES string of the molecule is CCCCN1[C@H](CO)[C@@H](O)[C@H](O)[C@H]1CC#N. The quantitative estimate of drug-likeness (QED) is 0.588. The van der Waals surface area contributed by atoms with Crippen molar-refractivity contribution >= 4 is 0 Å². The Kier molecular flexibility index (Phi) is 5.16. The van der Waals surface area contributed by atoms with Gasteiger partial charge in [-0.15, -0.1) is 0 Å². The van der Waals surface area contributed by atoms with E-state index in [1.165, 1.54) is 0 Å². The molecule has 3 N–H and O–H groups in total. The zero-order chi connectivity index (χ0) is 12.1. The van der Waals surface area contributed by atoms with Crippen LogP contribution in [0.25, 0.3) is 0 Å². The van der Waals surface area contributed by atoms with E-state index in [0.717, 1.165) is 12.8 Å². The van der Waals surface area contributed by atoms with Crippen LogP contribution in [0.15, 0.2) is 0 Å². The molecule has 0 spiro atoms. The van der Waals surface area contributed by atoms with Crippen molar-refractivity contribution in [1.29, 1.82) is 5.26 Å². The number of nitriles is 1. The summed E-state index contributed by atoms with van der Waals surface area (Å²) in [5.74, 6) is 0. The largest absolute Gasteiger partial charge is 0.395 e. The van der Waals surface area contributed by atoms with Gasteiger partial charge in [-0.3, -0.25) is 4.90 Å². The van der Waals surface area contributed by atoms with E-state index in [2.05, 4.69) is 6.92 Å². The standard InChI is InChI=1S/C11H20N2O3/c1-2-3-6-13-8(4-5-12)10(15)11(16)9(13)7-14/h8-11,14-16H,2-4,6-7H2,1H3/t8-,9-,10-,11-/m1/s1. The first-order valence-electron chi connectivity index (χ1n) is 5.77. The zero-order valence-corrected chi connectivity index (χ0v) is 9.58. The lowest BCUT2D eigenvalue weighted by Gasteiger charge is -2.28. The molecule has 4 atom stereocenters. The number of likely N-dealkylation sites (tertiary alicyclic amines) is 1. The lowest BCUT2D eigenvalue weighted by Crippen LogP contribution is -2.41. The fraction of sp³-hybridized carbons (Fsp3) is 0.909. The Morgan fingerprint density at radius 3 is 2.38 bits per heavy atom. The number of rotatable bonds is 5. The van der Waals surface area contributed by atoms with Crippen LogP contribution < -0.4 is 0 Å². The van der Waals surface area contributed by atoms with E-state index >= 15 is 0 Å². The van der Waals surface area contributed by atoms with Gasteiger partial charge in [0.25, 0.3) is 0 Å². The van der Waals surface area contributed by atoms with Gasteiger partial charge in [-0.1, -0.05) is 13.3 Å². The van der Waals surface area contributed by atoms with Gasteiger partial charge in [-0.05, 0) is 13.0 Å². The van der Waals surface area contributed by atoms with Crippen LogP contribution in [0.1, 0.15) is 26.2 Å². The van der Waals surface area contributed by atoms with Gasteiger partial charge in [0.15, 0.2) is 0 Å². The second-order valence-corrected chi connectivity index (χ2v) is 4.25. The molecule has 0 aromatic carbocycles. The molecule has 1 aliphatic heterocycles. The van der Waals surface area contributed by atoms with Gasteiger partial charge in [0.2, 0.25) is 0 Å². The normalized spacial score (nSPS) is 35.2. The highest BCUT2D eigenvalue weighted by atomic mass is 16.3. The van der Waals surface area contributed by atoms with Crippen molar-refractivity contribution in [2.75, 3.05) is 13.2 Å². The summed E-state index contributed by atoms with van der Waals surface area (Å²) in [6, 6.07) is 1.22. The Hall–Kier alpha value is -0.670. The number of unbranched alkanes of at least 4 members (excludes halogenated alkanes) is 1. The van der Waals surface area contributed by atoms with Crippen LogP contribution in [0.2, 0.25) is 0 Å². The van der Waals surface area contributed by atoms with E-state index in [1.807, 2.05) is 11.0 Å². The Morgan fingerprint density at radius 1 is 1.25 bits per heavy atom. The zero-order valence-electron chi connectivity index (χ0n) is 9.58.